The van der Waals surface area contributed by atoms with Gasteiger partial charge >= 0.3 is 6.18 Å². The second kappa shape index (κ2) is 7.06. The van der Waals surface area contributed by atoms with Crippen LogP contribution in [0.3, 0.4) is 0 Å². The van der Waals surface area contributed by atoms with E-state index in [0.717, 1.165) is 17.2 Å². The van der Waals surface area contributed by atoms with Crippen molar-refractivity contribution in [2.24, 2.45) is 5.92 Å². The lowest BCUT2D eigenvalue weighted by Crippen LogP contribution is -2.28. The van der Waals surface area contributed by atoms with Crippen molar-refractivity contribution in [1.82, 2.24) is 0 Å². The summed E-state index contributed by atoms with van der Waals surface area (Å²) in [6, 6.07) is 10.4. The monoisotopic (exact) mass is 376 g/mol. The van der Waals surface area contributed by atoms with Crippen LogP contribution >= 0.6 is 0 Å². The van der Waals surface area contributed by atoms with E-state index in [2.05, 4.69) is 5.32 Å². The highest BCUT2D eigenvalue weighted by Crippen LogP contribution is 2.35. The van der Waals surface area contributed by atoms with Gasteiger partial charge in [0, 0.05) is 18.7 Å². The molecule has 1 aliphatic heterocycles. The summed E-state index contributed by atoms with van der Waals surface area (Å²) in [5.74, 6) is -1.52. The SMILES string of the molecule is Cc1ccc(N2C[C@H](C(=O)Nc3ccccc3C(F)(F)F)CC2=O)cc1C. The standard InChI is InChI=1S/C20H19F3N2O2/c1-12-7-8-15(9-13(12)2)25-11-14(10-18(25)26)19(27)24-17-6-4-3-5-16(17)20(21,22)23/h3-9,14H,10-11H2,1-2H3,(H,24,27)/t14-/m1/s1. The number of carbonyl (C=O) groups excluding carboxylic acids is 2. The van der Waals surface area contributed by atoms with E-state index in [1.165, 1.54) is 23.1 Å². The van der Waals surface area contributed by atoms with Gasteiger partial charge in [-0.25, -0.2) is 0 Å². The number of amides is 2. The molecule has 1 heterocycles. The van der Waals surface area contributed by atoms with Gasteiger partial charge in [0.15, 0.2) is 0 Å². The number of para-hydroxylation sites is 1. The van der Waals surface area contributed by atoms with Crippen LogP contribution in [0.15, 0.2) is 42.5 Å². The molecule has 2 amide bonds. The van der Waals surface area contributed by atoms with E-state index in [1.54, 1.807) is 6.07 Å². The zero-order valence-corrected chi connectivity index (χ0v) is 14.9. The van der Waals surface area contributed by atoms with Crippen LogP contribution in [0.4, 0.5) is 24.5 Å². The van der Waals surface area contributed by atoms with Gasteiger partial charge in [0.05, 0.1) is 17.2 Å². The first-order chi connectivity index (χ1) is 12.7. The predicted molar refractivity (Wildman–Crippen MR) is 96.4 cm³/mol. The number of rotatable bonds is 3. The first-order valence-corrected chi connectivity index (χ1v) is 8.51. The third-order valence-corrected chi connectivity index (χ3v) is 4.79. The number of halogens is 3. The number of benzene rings is 2. The smallest absolute Gasteiger partial charge is 0.325 e. The highest BCUT2D eigenvalue weighted by Gasteiger charge is 2.37. The molecular weight excluding hydrogens is 357 g/mol. The molecule has 1 fully saturated rings. The Hall–Kier alpha value is -2.83. The summed E-state index contributed by atoms with van der Waals surface area (Å²) in [5.41, 5.74) is 1.59. The van der Waals surface area contributed by atoms with Crippen molar-refractivity contribution in [2.75, 3.05) is 16.8 Å². The lowest BCUT2D eigenvalue weighted by molar-refractivity contribution is -0.137. The minimum atomic E-state index is -4.57. The Labute approximate surface area is 155 Å². The van der Waals surface area contributed by atoms with Crippen LogP contribution < -0.4 is 10.2 Å². The third kappa shape index (κ3) is 3.97. The van der Waals surface area contributed by atoms with E-state index in [0.29, 0.717) is 5.69 Å². The lowest BCUT2D eigenvalue weighted by atomic mass is 10.1. The maximum Gasteiger partial charge on any atom is 0.418 e. The summed E-state index contributed by atoms with van der Waals surface area (Å²) in [4.78, 5) is 26.3. The normalized spacial score (nSPS) is 17.3. The average molecular weight is 376 g/mol. The zero-order valence-electron chi connectivity index (χ0n) is 14.9. The van der Waals surface area contributed by atoms with Gasteiger partial charge in [0.25, 0.3) is 0 Å². The molecule has 0 aromatic heterocycles. The van der Waals surface area contributed by atoms with Crippen molar-refractivity contribution in [3.63, 3.8) is 0 Å². The van der Waals surface area contributed by atoms with Crippen LogP contribution in [0.25, 0.3) is 0 Å². The maximum atomic E-state index is 13.1. The first-order valence-electron chi connectivity index (χ1n) is 8.51. The number of hydrogen-bond acceptors (Lipinski definition) is 2. The van der Waals surface area contributed by atoms with Gasteiger partial charge in [-0.05, 0) is 49.2 Å². The van der Waals surface area contributed by atoms with Crippen LogP contribution in [0.5, 0.6) is 0 Å². The van der Waals surface area contributed by atoms with Crippen molar-refractivity contribution >= 4 is 23.2 Å². The number of carbonyl (C=O) groups is 2. The number of nitrogens with one attached hydrogen (secondary N) is 1. The second-order valence-corrected chi connectivity index (χ2v) is 6.71. The molecule has 1 saturated heterocycles. The molecule has 27 heavy (non-hydrogen) atoms. The first kappa shape index (κ1) is 18.9. The Morgan fingerprint density at radius 3 is 2.48 bits per heavy atom. The van der Waals surface area contributed by atoms with Gasteiger partial charge in [0.1, 0.15) is 0 Å². The van der Waals surface area contributed by atoms with Gasteiger partial charge < -0.3 is 10.2 Å². The summed E-state index contributed by atoms with van der Waals surface area (Å²) in [6.07, 6.45) is -4.60. The summed E-state index contributed by atoms with van der Waals surface area (Å²) in [6.45, 7) is 4.03. The summed E-state index contributed by atoms with van der Waals surface area (Å²) < 4.78 is 39.2. The molecule has 1 aliphatic rings. The van der Waals surface area contributed by atoms with Crippen molar-refractivity contribution in [3.8, 4) is 0 Å². The molecule has 2 aromatic rings. The second-order valence-electron chi connectivity index (χ2n) is 6.71. The van der Waals surface area contributed by atoms with Crippen LogP contribution in [0.1, 0.15) is 23.1 Å². The molecule has 0 radical (unpaired) electrons. The molecule has 7 heteroatoms. The molecule has 1 atom stereocenters. The van der Waals surface area contributed by atoms with E-state index in [4.69, 9.17) is 0 Å². The number of alkyl halides is 3. The van der Waals surface area contributed by atoms with E-state index in [9.17, 15) is 22.8 Å². The Morgan fingerprint density at radius 2 is 1.81 bits per heavy atom. The van der Waals surface area contributed by atoms with Gasteiger partial charge in [-0.15, -0.1) is 0 Å². The average Bonchev–Trinajstić information content (AvgIpc) is 2.99. The fraction of sp³-hybridized carbons (Fsp3) is 0.300. The summed E-state index contributed by atoms with van der Waals surface area (Å²) in [5, 5.41) is 2.33. The van der Waals surface area contributed by atoms with E-state index < -0.39 is 23.6 Å². The highest BCUT2D eigenvalue weighted by atomic mass is 19.4. The van der Waals surface area contributed by atoms with Crippen LogP contribution in [-0.4, -0.2) is 18.4 Å². The Morgan fingerprint density at radius 1 is 1.11 bits per heavy atom. The largest absolute Gasteiger partial charge is 0.418 e. The van der Waals surface area contributed by atoms with Gasteiger partial charge in [-0.2, -0.15) is 13.2 Å². The van der Waals surface area contributed by atoms with E-state index in [1.807, 2.05) is 26.0 Å². The van der Waals surface area contributed by atoms with Crippen molar-refractivity contribution in [2.45, 2.75) is 26.4 Å². The number of anilines is 2. The van der Waals surface area contributed by atoms with Gasteiger partial charge in [-0.1, -0.05) is 18.2 Å². The van der Waals surface area contributed by atoms with Crippen molar-refractivity contribution < 1.29 is 22.8 Å². The minimum absolute atomic E-state index is 0.0348. The Bertz CT molecular complexity index is 893. The maximum absolute atomic E-state index is 13.1. The molecule has 0 bridgehead atoms. The molecule has 0 unspecified atom stereocenters. The fourth-order valence-corrected chi connectivity index (χ4v) is 3.10. The van der Waals surface area contributed by atoms with Crippen molar-refractivity contribution in [3.05, 3.63) is 59.2 Å². The lowest BCUT2D eigenvalue weighted by Gasteiger charge is -2.18. The quantitative estimate of drug-likeness (QED) is 0.868. The molecule has 0 saturated carbocycles. The van der Waals surface area contributed by atoms with Gasteiger partial charge in [-0.3, -0.25) is 9.59 Å². The molecular formula is C20H19F3N2O2. The topological polar surface area (TPSA) is 49.4 Å². The van der Waals surface area contributed by atoms with Crippen LogP contribution in [0.2, 0.25) is 0 Å². The van der Waals surface area contributed by atoms with Gasteiger partial charge in [0.2, 0.25) is 11.8 Å². The summed E-state index contributed by atoms with van der Waals surface area (Å²) in [7, 11) is 0. The molecule has 4 nitrogen and oxygen atoms in total. The molecule has 3 rings (SSSR count). The number of hydrogen-bond donors (Lipinski definition) is 1. The van der Waals surface area contributed by atoms with Crippen LogP contribution in [-0.2, 0) is 15.8 Å². The van der Waals surface area contributed by atoms with Crippen molar-refractivity contribution in [1.29, 1.82) is 0 Å². The minimum Gasteiger partial charge on any atom is -0.325 e. The Balaban J connectivity index is 1.76. The number of nitrogens with zero attached hydrogens (tertiary/aromatic N) is 1. The number of aryl methyl sites for hydroxylation is 2. The van der Waals surface area contributed by atoms with Crippen LogP contribution in [0, 0.1) is 19.8 Å². The summed E-state index contributed by atoms with van der Waals surface area (Å²) >= 11 is 0. The third-order valence-electron chi connectivity index (χ3n) is 4.79. The molecule has 1 N–H and O–H groups in total. The van der Waals surface area contributed by atoms with E-state index >= 15 is 0 Å². The zero-order chi connectivity index (χ0) is 19.8. The highest BCUT2D eigenvalue weighted by molar-refractivity contribution is 6.03. The predicted octanol–water partition coefficient (Wildman–Crippen LogP) is 4.31. The Kier molecular flexibility index (Phi) is 4.95. The van der Waals surface area contributed by atoms with E-state index in [-0.39, 0.29) is 24.6 Å². The molecule has 142 valence electrons. The molecule has 2 aromatic carbocycles. The fourth-order valence-electron chi connectivity index (χ4n) is 3.10. The molecule has 0 aliphatic carbocycles. The molecule has 0 spiro atoms.